The highest BCUT2D eigenvalue weighted by Crippen LogP contribution is 2.29. The van der Waals surface area contributed by atoms with Crippen LogP contribution in [0.3, 0.4) is 0 Å². The van der Waals surface area contributed by atoms with Crippen LogP contribution in [0.1, 0.15) is 56.6 Å². The van der Waals surface area contributed by atoms with Gasteiger partial charge in [-0.3, -0.25) is 0 Å². The molecule has 0 saturated heterocycles. The smallest absolute Gasteiger partial charge is 0.161 e. The minimum absolute atomic E-state index is 0.465. The van der Waals surface area contributed by atoms with Gasteiger partial charge in [0.05, 0.1) is 7.11 Å². The van der Waals surface area contributed by atoms with Crippen LogP contribution in [0.25, 0.3) is 0 Å². The maximum Gasteiger partial charge on any atom is 0.161 e. The summed E-state index contributed by atoms with van der Waals surface area (Å²) in [5.41, 5.74) is 2.24. The molecule has 2 rings (SSSR count). The van der Waals surface area contributed by atoms with E-state index in [0.717, 1.165) is 35.2 Å². The van der Waals surface area contributed by atoms with Crippen molar-refractivity contribution in [1.29, 1.82) is 0 Å². The zero-order chi connectivity index (χ0) is 19.3. The molecule has 2 aromatic carbocycles. The molecule has 0 bridgehead atoms. The van der Waals surface area contributed by atoms with E-state index >= 15 is 0 Å². The summed E-state index contributed by atoms with van der Waals surface area (Å²) in [4.78, 5) is 0. The summed E-state index contributed by atoms with van der Waals surface area (Å²) >= 11 is 6.02. The van der Waals surface area contributed by atoms with E-state index < -0.39 is 0 Å². The minimum atomic E-state index is 0.465. The van der Waals surface area contributed by atoms with Crippen LogP contribution in [-0.4, -0.2) is 13.7 Å². The van der Waals surface area contributed by atoms with Crippen LogP contribution in [0, 0.1) is 0 Å². The molecule has 0 aliphatic rings. The van der Waals surface area contributed by atoms with Crippen LogP contribution in [0.4, 0.5) is 0 Å². The topological polar surface area (TPSA) is 30.5 Å². The molecule has 0 spiro atoms. The van der Waals surface area contributed by atoms with Crippen molar-refractivity contribution in [2.75, 3.05) is 13.7 Å². The Morgan fingerprint density at radius 2 is 1.70 bits per heavy atom. The molecule has 0 aromatic heterocycles. The fourth-order valence-corrected chi connectivity index (χ4v) is 3.20. The lowest BCUT2D eigenvalue weighted by Crippen LogP contribution is -2.14. The van der Waals surface area contributed by atoms with E-state index in [1.165, 1.54) is 44.1 Å². The highest BCUT2D eigenvalue weighted by molar-refractivity contribution is 6.30. The second-order valence-corrected chi connectivity index (χ2v) is 7.28. The summed E-state index contributed by atoms with van der Waals surface area (Å²) < 4.78 is 11.4. The van der Waals surface area contributed by atoms with Crippen LogP contribution in [0.5, 0.6) is 11.5 Å². The van der Waals surface area contributed by atoms with Crippen molar-refractivity contribution in [2.24, 2.45) is 0 Å². The Hall–Kier alpha value is -1.71. The number of rotatable bonds is 13. The van der Waals surface area contributed by atoms with E-state index in [4.69, 9.17) is 21.1 Å². The minimum Gasteiger partial charge on any atom is -0.493 e. The number of halogens is 1. The summed E-state index contributed by atoms with van der Waals surface area (Å²) in [5, 5.41) is 4.23. The lowest BCUT2D eigenvalue weighted by molar-refractivity contribution is 0.284. The largest absolute Gasteiger partial charge is 0.493 e. The maximum absolute atomic E-state index is 6.02. The molecule has 0 fully saturated rings. The highest BCUT2D eigenvalue weighted by Gasteiger charge is 2.06. The summed E-state index contributed by atoms with van der Waals surface area (Å²) in [7, 11) is 1.68. The molecule has 4 heteroatoms. The summed E-state index contributed by atoms with van der Waals surface area (Å²) in [6.07, 6.45) is 7.93. The number of nitrogens with one attached hydrogen (secondary N) is 1. The summed E-state index contributed by atoms with van der Waals surface area (Å²) in [6, 6.07) is 13.8. The molecule has 0 unspecified atom stereocenters. The van der Waals surface area contributed by atoms with Gasteiger partial charge in [0.1, 0.15) is 6.61 Å². The van der Waals surface area contributed by atoms with Gasteiger partial charge in [0.15, 0.2) is 11.5 Å². The summed E-state index contributed by atoms with van der Waals surface area (Å²) in [6.45, 7) is 4.62. The molecular formula is C23H32ClNO2. The molecule has 0 saturated carbocycles. The Bertz CT molecular complexity index is 675. The fourth-order valence-electron chi connectivity index (χ4n) is 2.99. The van der Waals surface area contributed by atoms with Crippen LogP contribution in [-0.2, 0) is 13.2 Å². The van der Waals surface area contributed by atoms with Crippen LogP contribution in [0.2, 0.25) is 5.02 Å². The van der Waals surface area contributed by atoms with E-state index in [1.807, 2.05) is 36.4 Å². The van der Waals surface area contributed by atoms with Gasteiger partial charge in [-0.25, -0.2) is 0 Å². The average molecular weight is 390 g/mol. The highest BCUT2D eigenvalue weighted by atomic mass is 35.5. The van der Waals surface area contributed by atoms with Gasteiger partial charge in [-0.05, 0) is 48.4 Å². The quantitative estimate of drug-likeness (QED) is 0.403. The molecule has 0 aliphatic carbocycles. The zero-order valence-corrected chi connectivity index (χ0v) is 17.4. The van der Waals surface area contributed by atoms with Crippen molar-refractivity contribution in [3.8, 4) is 11.5 Å². The lowest BCUT2D eigenvalue weighted by Gasteiger charge is -2.13. The maximum atomic E-state index is 6.02. The lowest BCUT2D eigenvalue weighted by atomic mass is 10.1. The number of hydrogen-bond acceptors (Lipinski definition) is 3. The second-order valence-electron chi connectivity index (χ2n) is 6.85. The Morgan fingerprint density at radius 1 is 0.889 bits per heavy atom. The van der Waals surface area contributed by atoms with Crippen molar-refractivity contribution in [2.45, 2.75) is 58.6 Å². The van der Waals surface area contributed by atoms with Crippen LogP contribution in [0.15, 0.2) is 42.5 Å². The Labute approximate surface area is 169 Å². The predicted octanol–water partition coefficient (Wildman–Crippen LogP) is 6.38. The van der Waals surface area contributed by atoms with Gasteiger partial charge >= 0.3 is 0 Å². The van der Waals surface area contributed by atoms with Gasteiger partial charge in [0, 0.05) is 11.6 Å². The van der Waals surface area contributed by atoms with Crippen LogP contribution >= 0.6 is 11.6 Å². The van der Waals surface area contributed by atoms with Gasteiger partial charge < -0.3 is 14.8 Å². The molecule has 0 heterocycles. The first kappa shape index (κ1) is 21.6. The first-order valence-electron chi connectivity index (χ1n) is 9.97. The van der Waals surface area contributed by atoms with Crippen molar-refractivity contribution >= 4 is 11.6 Å². The van der Waals surface area contributed by atoms with Gasteiger partial charge in [0.2, 0.25) is 0 Å². The predicted molar refractivity (Wildman–Crippen MR) is 114 cm³/mol. The monoisotopic (exact) mass is 389 g/mol. The van der Waals surface area contributed by atoms with Crippen LogP contribution < -0.4 is 14.8 Å². The van der Waals surface area contributed by atoms with E-state index in [0.29, 0.717) is 6.61 Å². The molecule has 3 nitrogen and oxygen atoms in total. The molecule has 27 heavy (non-hydrogen) atoms. The second kappa shape index (κ2) is 12.6. The molecule has 1 N–H and O–H groups in total. The molecule has 0 atom stereocenters. The summed E-state index contributed by atoms with van der Waals surface area (Å²) in [5.74, 6) is 1.51. The SMILES string of the molecule is CCCCCCCCNCc1ccc(OCc2cccc(Cl)c2)c(OC)c1. The van der Waals surface area contributed by atoms with Crippen molar-refractivity contribution in [3.63, 3.8) is 0 Å². The average Bonchev–Trinajstić information content (AvgIpc) is 2.69. The molecule has 148 valence electrons. The molecule has 0 amide bonds. The zero-order valence-electron chi connectivity index (χ0n) is 16.6. The Kier molecular flexibility index (Phi) is 10.1. The number of ether oxygens (including phenoxy) is 2. The van der Waals surface area contributed by atoms with Gasteiger partial charge in [0.25, 0.3) is 0 Å². The van der Waals surface area contributed by atoms with Gasteiger partial charge in [-0.2, -0.15) is 0 Å². The van der Waals surface area contributed by atoms with Gasteiger partial charge in [-0.1, -0.05) is 68.8 Å². The van der Waals surface area contributed by atoms with Gasteiger partial charge in [-0.15, -0.1) is 0 Å². The third-order valence-corrected chi connectivity index (χ3v) is 4.78. The van der Waals surface area contributed by atoms with Crippen molar-refractivity contribution in [1.82, 2.24) is 5.32 Å². The van der Waals surface area contributed by atoms with E-state index in [-0.39, 0.29) is 0 Å². The Balaban J connectivity index is 1.76. The van der Waals surface area contributed by atoms with Crippen molar-refractivity contribution in [3.05, 3.63) is 58.6 Å². The van der Waals surface area contributed by atoms with E-state index in [2.05, 4.69) is 18.3 Å². The Morgan fingerprint density at radius 3 is 2.48 bits per heavy atom. The number of benzene rings is 2. The standard InChI is InChI=1S/C23H32ClNO2/c1-3-4-5-6-7-8-14-25-17-19-12-13-22(23(16-19)26-2)27-18-20-10-9-11-21(24)15-20/h9-13,15-16,25H,3-8,14,17-18H2,1-2H3. The molecular weight excluding hydrogens is 358 g/mol. The molecule has 0 radical (unpaired) electrons. The third-order valence-electron chi connectivity index (χ3n) is 4.55. The third kappa shape index (κ3) is 8.23. The number of unbranched alkanes of at least 4 members (excludes halogenated alkanes) is 5. The fraction of sp³-hybridized carbons (Fsp3) is 0.478. The first-order chi connectivity index (χ1) is 13.2. The van der Waals surface area contributed by atoms with Crippen molar-refractivity contribution < 1.29 is 9.47 Å². The van der Waals surface area contributed by atoms with E-state index in [1.54, 1.807) is 7.11 Å². The normalized spacial score (nSPS) is 10.8. The molecule has 2 aromatic rings. The number of methoxy groups -OCH3 is 1. The number of hydrogen-bond donors (Lipinski definition) is 1. The first-order valence-corrected chi connectivity index (χ1v) is 10.4. The molecule has 0 aliphatic heterocycles. The van der Waals surface area contributed by atoms with E-state index in [9.17, 15) is 0 Å².